The van der Waals surface area contributed by atoms with E-state index < -0.39 is 59.8 Å². The molecule has 7 rings (SSSR count). The molecule has 4 unspecified atom stereocenters. The van der Waals surface area contributed by atoms with E-state index in [0.29, 0.717) is 6.42 Å². The van der Waals surface area contributed by atoms with E-state index in [2.05, 4.69) is 10.3 Å². The number of benzene rings is 5. The van der Waals surface area contributed by atoms with Crippen molar-refractivity contribution in [1.82, 2.24) is 15.0 Å². The quantitative estimate of drug-likeness (QED) is 0.0922. The Morgan fingerprint density at radius 3 is 1.77 bits per heavy atom. The number of aryl methyl sites for hydroxylation is 1. The number of nitrogens with zero attached hydrogens (tertiary/aromatic N) is 3. The molecule has 0 spiro atoms. The zero-order valence-corrected chi connectivity index (χ0v) is 30.9. The fourth-order valence-corrected chi connectivity index (χ4v) is 7.17. The molecule has 1 aromatic heterocycles. The number of halogens is 3. The third-order valence-corrected chi connectivity index (χ3v) is 10.1. The van der Waals surface area contributed by atoms with Crippen molar-refractivity contribution >= 4 is 5.97 Å². The molecule has 0 amide bonds. The number of carboxylic acids is 1. The SMILES string of the molecule is O=C(O)C(CCc1ccccc1)[C@@H]1OC(COCc2ccccc2)[C@H](OCc2ccccc2)C(n2cc(-c3cc(F)c(F)c(F)c3)nn2)C1OCc1ccccc1. The number of rotatable bonds is 17. The molecule has 6 aromatic rings. The topological polar surface area (TPSA) is 105 Å². The summed E-state index contributed by atoms with van der Waals surface area (Å²) in [4.78, 5) is 13.3. The standard InChI is InChI=1S/C45H42F3N3O6/c46-36-23-34(24-37(47)40(36)48)38-25-51(50-49-38)41-43(55-27-32-17-9-3-10-18-32)39(29-54-26-31-15-7-2-8-16-31)57-42(44(41)56-28-33-19-11-4-12-20-33)35(45(52)53)22-21-30-13-5-1-6-14-30/h1-20,23-25,35,39,41-44H,21-22,26-29H2,(H,52,53)/t35?,39?,41?,42-,43-,44?/m0/s1. The fourth-order valence-electron chi connectivity index (χ4n) is 7.17. The molecule has 2 heterocycles. The third kappa shape index (κ3) is 10.0. The van der Waals surface area contributed by atoms with E-state index in [1.54, 1.807) is 0 Å². The number of hydrogen-bond acceptors (Lipinski definition) is 7. The van der Waals surface area contributed by atoms with Crippen molar-refractivity contribution in [3.63, 3.8) is 0 Å². The van der Waals surface area contributed by atoms with Gasteiger partial charge in [-0.15, -0.1) is 5.10 Å². The Morgan fingerprint density at radius 2 is 1.23 bits per heavy atom. The number of aromatic nitrogens is 3. The van der Waals surface area contributed by atoms with Crippen LogP contribution in [0.5, 0.6) is 0 Å². The first-order valence-electron chi connectivity index (χ1n) is 18.8. The van der Waals surface area contributed by atoms with Gasteiger partial charge in [0.05, 0.1) is 44.6 Å². The summed E-state index contributed by atoms with van der Waals surface area (Å²) in [6, 6.07) is 38.9. The van der Waals surface area contributed by atoms with Gasteiger partial charge in [0, 0.05) is 5.56 Å². The first-order valence-corrected chi connectivity index (χ1v) is 18.8. The van der Waals surface area contributed by atoms with Crippen LogP contribution in [-0.4, -0.2) is 57.1 Å². The van der Waals surface area contributed by atoms with Crippen LogP contribution in [0, 0.1) is 23.4 Å². The van der Waals surface area contributed by atoms with E-state index >= 15 is 0 Å². The smallest absolute Gasteiger partial charge is 0.309 e. The Labute approximate surface area is 328 Å². The molecule has 5 aromatic carbocycles. The van der Waals surface area contributed by atoms with Gasteiger partial charge >= 0.3 is 5.97 Å². The Morgan fingerprint density at radius 1 is 0.719 bits per heavy atom. The van der Waals surface area contributed by atoms with Gasteiger partial charge in [0.15, 0.2) is 17.5 Å². The minimum Gasteiger partial charge on any atom is -0.481 e. The van der Waals surface area contributed by atoms with Crippen LogP contribution in [0.4, 0.5) is 13.2 Å². The average molecular weight is 778 g/mol. The van der Waals surface area contributed by atoms with E-state index in [1.807, 2.05) is 121 Å². The Balaban J connectivity index is 1.32. The summed E-state index contributed by atoms with van der Waals surface area (Å²) in [5.74, 6) is -6.50. The van der Waals surface area contributed by atoms with Crippen molar-refractivity contribution in [3.05, 3.63) is 179 Å². The van der Waals surface area contributed by atoms with E-state index in [0.717, 1.165) is 34.4 Å². The zero-order valence-electron chi connectivity index (χ0n) is 30.9. The summed E-state index contributed by atoms with van der Waals surface area (Å²) >= 11 is 0. The normalized spacial score (nSPS) is 19.9. The second-order valence-corrected chi connectivity index (χ2v) is 14.0. The van der Waals surface area contributed by atoms with Crippen LogP contribution in [0.3, 0.4) is 0 Å². The van der Waals surface area contributed by atoms with E-state index in [-0.39, 0.29) is 44.1 Å². The minimum atomic E-state index is -1.60. The van der Waals surface area contributed by atoms with Crippen molar-refractivity contribution in [1.29, 1.82) is 0 Å². The third-order valence-electron chi connectivity index (χ3n) is 10.1. The first kappa shape index (κ1) is 39.6. The lowest BCUT2D eigenvalue weighted by Gasteiger charge is -2.47. The highest BCUT2D eigenvalue weighted by Crippen LogP contribution is 2.40. The van der Waals surface area contributed by atoms with Crippen molar-refractivity contribution < 1.29 is 42.0 Å². The summed E-state index contributed by atoms with van der Waals surface area (Å²) in [6.45, 7) is 0.487. The van der Waals surface area contributed by atoms with Gasteiger partial charge in [0.25, 0.3) is 0 Å². The number of carboxylic acid groups (broad SMARTS) is 1. The van der Waals surface area contributed by atoms with Crippen LogP contribution in [0.1, 0.15) is 34.7 Å². The average Bonchev–Trinajstić information content (AvgIpc) is 3.73. The summed E-state index contributed by atoms with van der Waals surface area (Å²) in [6.07, 6.45) is -1.66. The summed E-state index contributed by atoms with van der Waals surface area (Å²) < 4.78 is 70.9. The molecule has 1 N–H and O–H groups in total. The maximum atomic E-state index is 14.4. The van der Waals surface area contributed by atoms with Crippen LogP contribution in [0.25, 0.3) is 11.3 Å². The van der Waals surface area contributed by atoms with Gasteiger partial charge in [-0.2, -0.15) is 0 Å². The number of carbonyl (C=O) groups is 1. The molecule has 0 radical (unpaired) electrons. The predicted octanol–water partition coefficient (Wildman–Crippen LogP) is 8.39. The lowest BCUT2D eigenvalue weighted by Crippen LogP contribution is -2.60. The highest BCUT2D eigenvalue weighted by molar-refractivity contribution is 5.71. The van der Waals surface area contributed by atoms with E-state index in [9.17, 15) is 23.1 Å². The fraction of sp³-hybridized carbons (Fsp3) is 0.267. The van der Waals surface area contributed by atoms with Crippen LogP contribution < -0.4 is 0 Å². The molecule has 1 aliphatic heterocycles. The molecule has 1 saturated heterocycles. The molecule has 57 heavy (non-hydrogen) atoms. The lowest BCUT2D eigenvalue weighted by atomic mass is 9.83. The van der Waals surface area contributed by atoms with Gasteiger partial charge in [0.2, 0.25) is 0 Å². The highest BCUT2D eigenvalue weighted by atomic mass is 19.2. The monoisotopic (exact) mass is 777 g/mol. The van der Waals surface area contributed by atoms with Crippen molar-refractivity contribution in [2.75, 3.05) is 6.61 Å². The van der Waals surface area contributed by atoms with Gasteiger partial charge in [-0.05, 0) is 47.2 Å². The second-order valence-electron chi connectivity index (χ2n) is 14.0. The van der Waals surface area contributed by atoms with Gasteiger partial charge in [-0.1, -0.05) is 127 Å². The van der Waals surface area contributed by atoms with Crippen LogP contribution in [-0.2, 0) is 50.0 Å². The van der Waals surface area contributed by atoms with E-state index in [1.165, 1.54) is 10.9 Å². The van der Waals surface area contributed by atoms with Gasteiger partial charge < -0.3 is 24.1 Å². The Kier molecular flexibility index (Phi) is 13.2. The van der Waals surface area contributed by atoms with Crippen molar-refractivity contribution in [2.45, 2.75) is 63.1 Å². The molecular formula is C45H42F3N3O6. The molecule has 6 atom stereocenters. The summed E-state index contributed by atoms with van der Waals surface area (Å²) in [5, 5.41) is 19.6. The zero-order chi connectivity index (χ0) is 39.6. The van der Waals surface area contributed by atoms with Gasteiger partial charge in [0.1, 0.15) is 30.0 Å². The molecule has 0 saturated carbocycles. The lowest BCUT2D eigenvalue weighted by molar-refractivity contribution is -0.251. The van der Waals surface area contributed by atoms with Gasteiger partial charge in [-0.25, -0.2) is 17.9 Å². The molecule has 12 heteroatoms. The first-order chi connectivity index (χ1) is 27.8. The largest absolute Gasteiger partial charge is 0.481 e. The summed E-state index contributed by atoms with van der Waals surface area (Å²) in [7, 11) is 0. The van der Waals surface area contributed by atoms with Crippen LogP contribution >= 0.6 is 0 Å². The molecular weight excluding hydrogens is 736 g/mol. The maximum Gasteiger partial charge on any atom is 0.309 e. The minimum absolute atomic E-state index is 0.00766. The number of ether oxygens (including phenoxy) is 4. The predicted molar refractivity (Wildman–Crippen MR) is 205 cm³/mol. The second kappa shape index (κ2) is 19.0. The van der Waals surface area contributed by atoms with Crippen molar-refractivity contribution in [2.24, 2.45) is 5.92 Å². The Hall–Kier alpha value is -5.66. The van der Waals surface area contributed by atoms with Gasteiger partial charge in [-0.3, -0.25) is 4.79 Å². The van der Waals surface area contributed by atoms with Crippen LogP contribution in [0.15, 0.2) is 140 Å². The molecule has 0 aliphatic carbocycles. The number of hydrogen-bond donors (Lipinski definition) is 1. The Bertz CT molecular complexity index is 2160. The van der Waals surface area contributed by atoms with Crippen molar-refractivity contribution in [3.8, 4) is 11.3 Å². The molecule has 1 aliphatic rings. The van der Waals surface area contributed by atoms with E-state index in [4.69, 9.17) is 18.9 Å². The highest BCUT2D eigenvalue weighted by Gasteiger charge is 2.52. The molecule has 1 fully saturated rings. The summed E-state index contributed by atoms with van der Waals surface area (Å²) in [5.41, 5.74) is 3.60. The maximum absolute atomic E-state index is 14.4. The molecule has 9 nitrogen and oxygen atoms in total. The molecule has 294 valence electrons. The molecule has 0 bridgehead atoms. The number of aliphatic carboxylic acids is 1. The van der Waals surface area contributed by atoms with Crippen LogP contribution in [0.2, 0.25) is 0 Å².